The third-order valence-corrected chi connectivity index (χ3v) is 3.08. The van der Waals surface area contributed by atoms with Crippen molar-refractivity contribution in [2.75, 3.05) is 13.7 Å². The van der Waals surface area contributed by atoms with Crippen LogP contribution in [0.3, 0.4) is 0 Å². The molecular formula is C17H15FN2O5. The number of hydrogen-bond donors (Lipinski definition) is 2. The lowest BCUT2D eigenvalue weighted by atomic mass is 10.1. The van der Waals surface area contributed by atoms with Gasteiger partial charge in [0.05, 0.1) is 12.7 Å². The van der Waals surface area contributed by atoms with Crippen molar-refractivity contribution in [1.29, 1.82) is 0 Å². The molecule has 2 aromatic rings. The van der Waals surface area contributed by atoms with Crippen molar-refractivity contribution in [2.24, 2.45) is 0 Å². The Labute approximate surface area is 142 Å². The van der Waals surface area contributed by atoms with Gasteiger partial charge in [0.25, 0.3) is 11.8 Å². The molecule has 2 amide bonds. The molecule has 0 bridgehead atoms. The van der Waals surface area contributed by atoms with Crippen LogP contribution in [0.2, 0.25) is 0 Å². The zero-order chi connectivity index (χ0) is 18.2. The Balaban J connectivity index is 1.82. The first-order valence-electron chi connectivity index (χ1n) is 7.16. The van der Waals surface area contributed by atoms with Gasteiger partial charge in [-0.1, -0.05) is 12.1 Å². The summed E-state index contributed by atoms with van der Waals surface area (Å²) in [5.74, 6) is -2.43. The SMILES string of the molecule is COC(=O)c1ccc(C(=O)NNC(=O)COc2ccccc2F)cc1. The number of esters is 1. The summed E-state index contributed by atoms with van der Waals surface area (Å²) >= 11 is 0. The Kier molecular flexibility index (Phi) is 6.05. The summed E-state index contributed by atoms with van der Waals surface area (Å²) in [5, 5.41) is 0. The van der Waals surface area contributed by atoms with Gasteiger partial charge in [0.2, 0.25) is 0 Å². The summed E-state index contributed by atoms with van der Waals surface area (Å²) in [6, 6.07) is 11.3. The number of halogens is 1. The number of rotatable bonds is 5. The van der Waals surface area contributed by atoms with Gasteiger partial charge in [-0.15, -0.1) is 0 Å². The average molecular weight is 346 g/mol. The van der Waals surface area contributed by atoms with Gasteiger partial charge in [-0.05, 0) is 36.4 Å². The summed E-state index contributed by atoms with van der Waals surface area (Å²) in [6.45, 7) is -0.470. The number of carbonyl (C=O) groups is 3. The summed E-state index contributed by atoms with van der Waals surface area (Å²) in [6.07, 6.45) is 0. The molecule has 7 nitrogen and oxygen atoms in total. The molecule has 0 aliphatic heterocycles. The molecule has 0 spiro atoms. The number of nitrogens with one attached hydrogen (secondary N) is 2. The van der Waals surface area contributed by atoms with Crippen LogP contribution >= 0.6 is 0 Å². The lowest BCUT2D eigenvalue weighted by molar-refractivity contribution is -0.123. The van der Waals surface area contributed by atoms with E-state index in [1.807, 2.05) is 0 Å². The van der Waals surface area contributed by atoms with Gasteiger partial charge in [-0.3, -0.25) is 20.4 Å². The number of para-hydroxylation sites is 1. The molecule has 0 heterocycles. The van der Waals surface area contributed by atoms with Crippen molar-refractivity contribution in [3.05, 3.63) is 65.5 Å². The molecule has 2 aromatic carbocycles. The Bertz CT molecular complexity index is 777. The number of benzene rings is 2. The van der Waals surface area contributed by atoms with Crippen molar-refractivity contribution in [1.82, 2.24) is 10.9 Å². The topological polar surface area (TPSA) is 93.7 Å². The van der Waals surface area contributed by atoms with E-state index in [0.29, 0.717) is 5.56 Å². The third-order valence-electron chi connectivity index (χ3n) is 3.08. The molecule has 0 aliphatic carbocycles. The van der Waals surface area contributed by atoms with Crippen molar-refractivity contribution in [3.8, 4) is 5.75 Å². The minimum Gasteiger partial charge on any atom is -0.481 e. The molecule has 0 unspecified atom stereocenters. The predicted octanol–water partition coefficient (Wildman–Crippen LogP) is 1.45. The molecule has 130 valence electrons. The summed E-state index contributed by atoms with van der Waals surface area (Å²) < 4.78 is 22.9. The highest BCUT2D eigenvalue weighted by Gasteiger charge is 2.11. The van der Waals surface area contributed by atoms with Gasteiger partial charge in [0.1, 0.15) is 0 Å². The summed E-state index contributed by atoms with van der Waals surface area (Å²) in [4.78, 5) is 34.8. The zero-order valence-electron chi connectivity index (χ0n) is 13.2. The maximum atomic E-state index is 13.3. The van der Waals surface area contributed by atoms with Crippen LogP contribution in [0.5, 0.6) is 5.75 Å². The molecule has 0 aromatic heterocycles. The Morgan fingerprint density at radius 3 is 2.24 bits per heavy atom. The number of hydrazine groups is 1. The fourth-order valence-electron chi connectivity index (χ4n) is 1.82. The van der Waals surface area contributed by atoms with E-state index in [-0.39, 0.29) is 11.3 Å². The maximum Gasteiger partial charge on any atom is 0.337 e. The largest absolute Gasteiger partial charge is 0.481 e. The van der Waals surface area contributed by atoms with Crippen LogP contribution in [0, 0.1) is 5.82 Å². The smallest absolute Gasteiger partial charge is 0.337 e. The molecular weight excluding hydrogens is 331 g/mol. The van der Waals surface area contributed by atoms with Crippen molar-refractivity contribution >= 4 is 17.8 Å². The van der Waals surface area contributed by atoms with E-state index in [9.17, 15) is 18.8 Å². The molecule has 2 N–H and O–H groups in total. The molecule has 0 fully saturated rings. The fourth-order valence-corrected chi connectivity index (χ4v) is 1.82. The molecule has 0 radical (unpaired) electrons. The van der Waals surface area contributed by atoms with Gasteiger partial charge < -0.3 is 9.47 Å². The number of amides is 2. The van der Waals surface area contributed by atoms with Gasteiger partial charge in [-0.25, -0.2) is 9.18 Å². The Hall–Kier alpha value is -3.42. The van der Waals surface area contributed by atoms with E-state index in [0.717, 1.165) is 0 Å². The highest BCUT2D eigenvalue weighted by Crippen LogP contribution is 2.14. The Morgan fingerprint density at radius 2 is 1.60 bits per heavy atom. The zero-order valence-corrected chi connectivity index (χ0v) is 13.2. The van der Waals surface area contributed by atoms with Gasteiger partial charge in [0.15, 0.2) is 18.2 Å². The first-order valence-corrected chi connectivity index (χ1v) is 7.16. The van der Waals surface area contributed by atoms with E-state index in [4.69, 9.17) is 4.74 Å². The van der Waals surface area contributed by atoms with Gasteiger partial charge in [-0.2, -0.15) is 0 Å². The van der Waals surface area contributed by atoms with E-state index in [2.05, 4.69) is 15.6 Å². The second kappa shape index (κ2) is 8.44. The lowest BCUT2D eigenvalue weighted by Crippen LogP contribution is -2.43. The first kappa shape index (κ1) is 17.9. The van der Waals surface area contributed by atoms with Crippen LogP contribution in [0.15, 0.2) is 48.5 Å². The minimum atomic E-state index is -0.664. The van der Waals surface area contributed by atoms with Crippen LogP contribution in [-0.4, -0.2) is 31.5 Å². The standard InChI is InChI=1S/C17H15FN2O5/c1-24-17(23)12-8-6-11(7-9-12)16(22)20-19-15(21)10-25-14-5-3-2-4-13(14)18/h2-9H,10H2,1H3,(H,19,21)(H,20,22). The fraction of sp³-hybridized carbons (Fsp3) is 0.118. The number of ether oxygens (including phenoxy) is 2. The van der Waals surface area contributed by atoms with Crippen molar-refractivity contribution < 1.29 is 28.2 Å². The number of carbonyl (C=O) groups excluding carboxylic acids is 3. The van der Waals surface area contributed by atoms with Gasteiger partial charge >= 0.3 is 5.97 Å². The van der Waals surface area contributed by atoms with Crippen molar-refractivity contribution in [2.45, 2.75) is 0 Å². The second-order valence-electron chi connectivity index (χ2n) is 4.79. The average Bonchev–Trinajstić information content (AvgIpc) is 2.65. The van der Waals surface area contributed by atoms with Gasteiger partial charge in [0, 0.05) is 5.56 Å². The quantitative estimate of drug-likeness (QED) is 0.631. The molecule has 0 aliphatic rings. The number of methoxy groups -OCH3 is 1. The van der Waals surface area contributed by atoms with Crippen LogP contribution < -0.4 is 15.6 Å². The summed E-state index contributed by atoms with van der Waals surface area (Å²) in [7, 11) is 1.25. The predicted molar refractivity (Wildman–Crippen MR) is 85.3 cm³/mol. The highest BCUT2D eigenvalue weighted by atomic mass is 19.1. The van der Waals surface area contributed by atoms with Crippen LogP contribution in [-0.2, 0) is 9.53 Å². The van der Waals surface area contributed by atoms with Crippen LogP contribution in [0.1, 0.15) is 20.7 Å². The lowest BCUT2D eigenvalue weighted by Gasteiger charge is -2.09. The summed E-state index contributed by atoms with van der Waals surface area (Å²) in [5.41, 5.74) is 4.84. The Morgan fingerprint density at radius 1 is 0.960 bits per heavy atom. The van der Waals surface area contributed by atoms with Crippen LogP contribution in [0.4, 0.5) is 4.39 Å². The third kappa shape index (κ3) is 5.03. The van der Waals surface area contributed by atoms with E-state index < -0.39 is 30.2 Å². The molecule has 2 rings (SSSR count). The first-order chi connectivity index (χ1) is 12.0. The van der Waals surface area contributed by atoms with E-state index >= 15 is 0 Å². The molecule has 25 heavy (non-hydrogen) atoms. The molecule has 8 heteroatoms. The number of hydrogen-bond acceptors (Lipinski definition) is 5. The van der Waals surface area contributed by atoms with E-state index in [1.165, 1.54) is 49.6 Å². The molecule has 0 saturated carbocycles. The van der Waals surface area contributed by atoms with E-state index in [1.54, 1.807) is 6.07 Å². The van der Waals surface area contributed by atoms with Crippen molar-refractivity contribution in [3.63, 3.8) is 0 Å². The normalized spacial score (nSPS) is 9.84. The van der Waals surface area contributed by atoms with Crippen LogP contribution in [0.25, 0.3) is 0 Å². The molecule has 0 saturated heterocycles. The second-order valence-corrected chi connectivity index (χ2v) is 4.79. The highest BCUT2D eigenvalue weighted by molar-refractivity contribution is 5.97. The monoisotopic (exact) mass is 346 g/mol. The molecule has 0 atom stereocenters. The minimum absolute atomic E-state index is 0.0672. The maximum absolute atomic E-state index is 13.3.